The highest BCUT2D eigenvalue weighted by molar-refractivity contribution is 7.99. The molecule has 0 spiro atoms. The van der Waals surface area contributed by atoms with Crippen LogP contribution in [0.4, 0.5) is 5.69 Å². The van der Waals surface area contributed by atoms with Crippen LogP contribution in [-0.4, -0.2) is 42.7 Å². The summed E-state index contributed by atoms with van der Waals surface area (Å²) in [6, 6.07) is 10.8. The number of hydrogen-bond donors (Lipinski definition) is 2. The van der Waals surface area contributed by atoms with Gasteiger partial charge in [-0.25, -0.2) is 9.36 Å². The molecule has 2 atom stereocenters. The maximum Gasteiger partial charge on any atom is 0.363 e. The Morgan fingerprint density at radius 1 is 1.15 bits per heavy atom. The molecule has 6 nitrogen and oxygen atoms in total. The summed E-state index contributed by atoms with van der Waals surface area (Å²) >= 11 is 1.47. The lowest BCUT2D eigenvalue weighted by Crippen LogP contribution is -2.66. The van der Waals surface area contributed by atoms with Crippen molar-refractivity contribution in [1.29, 1.82) is 0 Å². The average molecular weight is 390 g/mol. The molecule has 2 unspecified atom stereocenters. The van der Waals surface area contributed by atoms with Crippen molar-refractivity contribution in [2.45, 2.75) is 17.7 Å². The van der Waals surface area contributed by atoms with Crippen LogP contribution in [0.1, 0.15) is 27.6 Å². The molecule has 0 radical (unpaired) electrons. The van der Waals surface area contributed by atoms with Crippen molar-refractivity contribution in [3.63, 3.8) is 0 Å². The van der Waals surface area contributed by atoms with Crippen LogP contribution < -0.4 is 15.2 Å². The third-order valence-electron chi connectivity index (χ3n) is 4.30. The van der Waals surface area contributed by atoms with E-state index in [-0.39, 0.29) is 11.0 Å². The number of thioether (sulfide) groups is 1. The van der Waals surface area contributed by atoms with Crippen LogP contribution >= 0.6 is 11.8 Å². The van der Waals surface area contributed by atoms with E-state index in [0.717, 1.165) is 11.3 Å². The van der Waals surface area contributed by atoms with Gasteiger partial charge < -0.3 is 15.7 Å². The van der Waals surface area contributed by atoms with E-state index in [2.05, 4.69) is 5.73 Å². The fraction of sp³-hybridized carbons (Fsp3) is 0.350. The Bertz CT molecular complexity index is 776. The summed E-state index contributed by atoms with van der Waals surface area (Å²) in [5, 5.41) is 8.97. The van der Waals surface area contributed by atoms with Gasteiger partial charge in [0.2, 0.25) is 0 Å². The quantitative estimate of drug-likeness (QED) is 0.499. The van der Waals surface area contributed by atoms with Crippen molar-refractivity contribution < 1.29 is 25.0 Å². The van der Waals surface area contributed by atoms with E-state index in [1.165, 1.54) is 11.8 Å². The average Bonchev–Trinajstić information content (AvgIpc) is 2.65. The first kappa shape index (κ1) is 20.9. The van der Waals surface area contributed by atoms with E-state index in [4.69, 9.17) is 5.11 Å². The van der Waals surface area contributed by atoms with E-state index in [9.17, 15) is 9.59 Å². The number of anilines is 1. The van der Waals surface area contributed by atoms with Crippen LogP contribution in [0.25, 0.3) is 0 Å². The molecule has 4 N–H and O–H groups in total. The second kappa shape index (κ2) is 9.53. The summed E-state index contributed by atoms with van der Waals surface area (Å²) in [7, 11) is 5.84. The predicted octanol–water partition coefficient (Wildman–Crippen LogP) is 1.32. The minimum Gasteiger partial charge on any atom is -0.477 e. The van der Waals surface area contributed by atoms with Crippen LogP contribution in [0.3, 0.4) is 0 Å². The Morgan fingerprint density at radius 2 is 1.74 bits per heavy atom. The van der Waals surface area contributed by atoms with E-state index in [1.54, 1.807) is 0 Å². The first-order chi connectivity index (χ1) is 12.8. The van der Waals surface area contributed by atoms with E-state index in [1.807, 2.05) is 79.4 Å². The largest absolute Gasteiger partial charge is 0.477 e. The van der Waals surface area contributed by atoms with Gasteiger partial charge in [0.15, 0.2) is 24.2 Å². The summed E-state index contributed by atoms with van der Waals surface area (Å²) in [4.78, 5) is 25.8. The lowest BCUT2D eigenvalue weighted by Gasteiger charge is -2.17. The van der Waals surface area contributed by atoms with Crippen molar-refractivity contribution >= 4 is 29.2 Å². The highest BCUT2D eigenvalue weighted by Crippen LogP contribution is 2.33. The number of carboxylic acids is 1. The van der Waals surface area contributed by atoms with E-state index >= 15 is 0 Å². The number of rotatable bonds is 9. The lowest BCUT2D eigenvalue weighted by atomic mass is 10.0. The highest BCUT2D eigenvalue weighted by Gasteiger charge is 2.23. The topological polar surface area (TPSA) is 89.1 Å². The van der Waals surface area contributed by atoms with Gasteiger partial charge in [0, 0.05) is 49.1 Å². The standard InChI is InChI=1S/C20H25N3O3S/c1-22(2)16-6-4-14(5-7-16)18(24)12-19(27-13-17(21)20(25)26)15-8-10-23(3)11-9-15/h4-11,17,19H,12-13,21H2,1-3H3/p+2. The summed E-state index contributed by atoms with van der Waals surface area (Å²) in [6.45, 7) is 0. The predicted molar refractivity (Wildman–Crippen MR) is 107 cm³/mol. The summed E-state index contributed by atoms with van der Waals surface area (Å²) in [6.07, 6.45) is 4.17. The van der Waals surface area contributed by atoms with Gasteiger partial charge >= 0.3 is 5.97 Å². The molecule has 27 heavy (non-hydrogen) atoms. The molecule has 7 heteroatoms. The van der Waals surface area contributed by atoms with Crippen molar-refractivity contribution in [3.05, 3.63) is 59.9 Å². The van der Waals surface area contributed by atoms with Crippen molar-refractivity contribution in [3.8, 4) is 0 Å². The molecule has 2 aromatic rings. The van der Waals surface area contributed by atoms with Gasteiger partial charge in [-0.2, -0.15) is 0 Å². The minimum atomic E-state index is -0.925. The van der Waals surface area contributed by atoms with Gasteiger partial charge in [0.25, 0.3) is 0 Å². The molecule has 0 bridgehead atoms. The number of aryl methyl sites for hydroxylation is 1. The second-order valence-corrected chi connectivity index (χ2v) is 7.96. The molecule has 2 rings (SSSR count). The fourth-order valence-corrected chi connectivity index (χ4v) is 3.76. The lowest BCUT2D eigenvalue weighted by molar-refractivity contribution is -0.671. The Balaban J connectivity index is 2.15. The van der Waals surface area contributed by atoms with Crippen LogP contribution in [-0.2, 0) is 11.8 Å². The molecule has 1 aromatic heterocycles. The normalized spacial score (nSPS) is 13.0. The zero-order chi connectivity index (χ0) is 20.0. The SMILES string of the molecule is CN(C)c1ccc(C(=O)CC(SCC([NH3+])C(=O)O)c2cc[n+](C)cc2)cc1. The molecule has 0 aliphatic carbocycles. The smallest absolute Gasteiger partial charge is 0.363 e. The number of nitrogens with zero attached hydrogens (tertiary/aromatic N) is 2. The number of carboxylic acid groups (broad SMARTS) is 1. The van der Waals surface area contributed by atoms with Crippen LogP contribution in [0.5, 0.6) is 0 Å². The zero-order valence-corrected chi connectivity index (χ0v) is 16.8. The molecule has 0 aliphatic heterocycles. The first-order valence-electron chi connectivity index (χ1n) is 8.71. The molecule has 0 saturated heterocycles. The molecule has 0 saturated carbocycles. The first-order valence-corrected chi connectivity index (χ1v) is 9.76. The molecule has 144 valence electrons. The highest BCUT2D eigenvalue weighted by atomic mass is 32.2. The molecule has 0 fully saturated rings. The molecule has 1 heterocycles. The third kappa shape index (κ3) is 6.08. The Kier molecular flexibility index (Phi) is 7.38. The number of benzene rings is 1. The van der Waals surface area contributed by atoms with Crippen LogP contribution in [0, 0.1) is 0 Å². The number of quaternary nitrogens is 1. The van der Waals surface area contributed by atoms with Gasteiger partial charge in [-0.15, -0.1) is 11.8 Å². The Hall–Kier alpha value is -2.38. The minimum absolute atomic E-state index is 0.0435. The van der Waals surface area contributed by atoms with Gasteiger partial charge in [-0.3, -0.25) is 4.79 Å². The monoisotopic (exact) mass is 389 g/mol. The molecule has 0 aliphatic rings. The molecular weight excluding hydrogens is 362 g/mol. The number of pyridine rings is 1. The van der Waals surface area contributed by atoms with Gasteiger partial charge in [0.05, 0.1) is 5.75 Å². The van der Waals surface area contributed by atoms with Crippen LogP contribution in [0.15, 0.2) is 48.8 Å². The molecule has 0 amide bonds. The van der Waals surface area contributed by atoms with Crippen molar-refractivity contribution in [2.24, 2.45) is 7.05 Å². The van der Waals surface area contributed by atoms with Gasteiger partial charge in [-0.1, -0.05) is 0 Å². The van der Waals surface area contributed by atoms with Gasteiger partial charge in [-0.05, 0) is 29.8 Å². The van der Waals surface area contributed by atoms with Gasteiger partial charge in [0.1, 0.15) is 7.05 Å². The summed E-state index contributed by atoms with van der Waals surface area (Å²) in [5.74, 6) is -0.526. The summed E-state index contributed by atoms with van der Waals surface area (Å²) in [5.41, 5.74) is 6.38. The maximum absolute atomic E-state index is 12.8. The molecule has 1 aromatic carbocycles. The summed E-state index contributed by atoms with van der Waals surface area (Å²) < 4.78 is 1.93. The Morgan fingerprint density at radius 3 is 2.26 bits per heavy atom. The van der Waals surface area contributed by atoms with E-state index in [0.29, 0.717) is 17.7 Å². The number of aromatic nitrogens is 1. The van der Waals surface area contributed by atoms with Crippen LogP contribution in [0.2, 0.25) is 0 Å². The van der Waals surface area contributed by atoms with Crippen molar-refractivity contribution in [1.82, 2.24) is 0 Å². The Labute approximate surface area is 164 Å². The number of carbonyl (C=O) groups is 2. The van der Waals surface area contributed by atoms with Crippen molar-refractivity contribution in [2.75, 3.05) is 24.7 Å². The number of ketones is 1. The number of carbonyl (C=O) groups excluding carboxylic acids is 1. The van der Waals surface area contributed by atoms with E-state index < -0.39 is 12.0 Å². The fourth-order valence-electron chi connectivity index (χ4n) is 2.54. The maximum atomic E-state index is 12.8. The number of Topliss-reactive ketones (excluding diaryl/α,β-unsaturated/α-hetero) is 1. The zero-order valence-electron chi connectivity index (χ0n) is 16.0. The molecular formula is C20H27N3O3S+2. The number of aliphatic carboxylic acids is 1. The third-order valence-corrected chi connectivity index (χ3v) is 5.74. The second-order valence-electron chi connectivity index (χ2n) is 6.72. The number of hydrogen-bond acceptors (Lipinski definition) is 4.